The number of pyridine rings is 2. The van der Waals surface area contributed by atoms with E-state index in [1.165, 1.54) is 0 Å². The lowest BCUT2D eigenvalue weighted by Crippen LogP contribution is -2.46. The average molecular weight is 445 g/mol. The Morgan fingerprint density at radius 2 is 1.88 bits per heavy atom. The van der Waals surface area contributed by atoms with Gasteiger partial charge in [0, 0.05) is 60.0 Å². The summed E-state index contributed by atoms with van der Waals surface area (Å²) in [5, 5.41) is 0. The number of aromatic nitrogens is 2. The second-order valence-electron chi connectivity index (χ2n) is 9.80. The number of rotatable bonds is 7. The van der Waals surface area contributed by atoms with Crippen LogP contribution in [-0.4, -0.2) is 52.6 Å². The molecule has 2 aromatic heterocycles. The first kappa shape index (κ1) is 18.6. The van der Waals surface area contributed by atoms with Gasteiger partial charge >= 0.3 is 0 Å². The summed E-state index contributed by atoms with van der Waals surface area (Å²) in [4.78, 5) is 37.8. The topological polar surface area (TPSA) is 66.4 Å². The fourth-order valence-corrected chi connectivity index (χ4v) is 4.78. The number of anilines is 1. The molecule has 0 radical (unpaired) electrons. The van der Waals surface area contributed by atoms with Crippen molar-refractivity contribution < 1.29 is 12.3 Å². The molecule has 0 amide bonds. The summed E-state index contributed by atoms with van der Waals surface area (Å²) in [6.45, 7) is 0.769. The monoisotopic (exact) mass is 444 g/mol. The molecule has 6 rings (SSSR count). The van der Waals surface area contributed by atoms with Crippen LogP contribution in [0.5, 0.6) is 0 Å². The van der Waals surface area contributed by atoms with Gasteiger partial charge in [0.25, 0.3) is 0 Å². The quantitative estimate of drug-likeness (QED) is 0.607. The van der Waals surface area contributed by atoms with Crippen molar-refractivity contribution in [2.75, 3.05) is 31.1 Å². The van der Waals surface area contributed by atoms with Gasteiger partial charge in [-0.15, -0.1) is 0 Å². The zero-order chi connectivity index (χ0) is 24.2. The number of piperazine rings is 1. The van der Waals surface area contributed by atoms with Gasteiger partial charge in [-0.05, 0) is 66.9 Å². The maximum Gasteiger partial charge on any atom is 0.181 e. The maximum atomic E-state index is 12.6. The van der Waals surface area contributed by atoms with E-state index in [2.05, 4.69) is 14.9 Å². The minimum Gasteiger partial charge on any atom is -0.368 e. The van der Waals surface area contributed by atoms with Crippen molar-refractivity contribution in [3.63, 3.8) is 0 Å². The second-order valence-corrected chi connectivity index (χ2v) is 9.80. The number of allylic oxidation sites excluding steroid dienone is 1. The third-order valence-corrected chi connectivity index (χ3v) is 7.12. The molecule has 0 aromatic carbocycles. The van der Waals surface area contributed by atoms with Crippen LogP contribution in [0.1, 0.15) is 62.2 Å². The van der Waals surface area contributed by atoms with Gasteiger partial charge in [0.2, 0.25) is 0 Å². The largest absolute Gasteiger partial charge is 0.368 e. The lowest BCUT2D eigenvalue weighted by atomic mass is 9.91. The summed E-state index contributed by atoms with van der Waals surface area (Å²) in [5.41, 5.74) is 4.52. The summed E-state index contributed by atoms with van der Waals surface area (Å²) in [5.74, 6) is 1.22. The van der Waals surface area contributed by atoms with E-state index in [1.54, 1.807) is 12.4 Å². The highest BCUT2D eigenvalue weighted by atomic mass is 16.1. The van der Waals surface area contributed by atoms with E-state index in [0.717, 1.165) is 48.2 Å². The molecular weight excluding hydrogens is 412 g/mol. The van der Waals surface area contributed by atoms with Crippen LogP contribution in [0, 0.1) is 11.8 Å². The van der Waals surface area contributed by atoms with Gasteiger partial charge in [0.05, 0.1) is 17.6 Å². The Morgan fingerprint density at radius 1 is 1.06 bits per heavy atom. The first-order chi connectivity index (χ1) is 16.9. The Labute approximate surface area is 197 Å². The minimum absolute atomic E-state index is 0.122. The fraction of sp³-hybridized carbons (Fsp3) is 0.481. The predicted molar refractivity (Wildman–Crippen MR) is 127 cm³/mol. The second kappa shape index (κ2) is 8.49. The molecule has 0 N–H and O–H groups in total. The number of ketones is 2. The van der Waals surface area contributed by atoms with Gasteiger partial charge in [-0.1, -0.05) is 6.07 Å². The molecule has 3 heterocycles. The predicted octanol–water partition coefficient (Wildman–Crippen LogP) is 3.70. The van der Waals surface area contributed by atoms with Gasteiger partial charge in [-0.25, -0.2) is 0 Å². The highest BCUT2D eigenvalue weighted by molar-refractivity contribution is 6.04. The Kier molecular flexibility index (Phi) is 4.77. The Balaban J connectivity index is 1.11. The first-order valence-corrected chi connectivity index (χ1v) is 12.1. The van der Waals surface area contributed by atoms with Crippen LogP contribution in [0.2, 0.25) is 0 Å². The Morgan fingerprint density at radius 3 is 2.58 bits per heavy atom. The highest BCUT2D eigenvalue weighted by Gasteiger charge is 2.33. The fourth-order valence-electron chi connectivity index (χ4n) is 4.78. The third-order valence-electron chi connectivity index (χ3n) is 7.12. The molecule has 1 aliphatic heterocycles. The van der Waals surface area contributed by atoms with Crippen LogP contribution < -0.4 is 4.90 Å². The van der Waals surface area contributed by atoms with E-state index in [0.29, 0.717) is 62.1 Å². The van der Waals surface area contributed by atoms with Crippen molar-refractivity contribution in [3.8, 4) is 0 Å². The molecule has 4 aliphatic rings. The molecule has 0 unspecified atom stereocenters. The first-order valence-electron chi connectivity index (χ1n) is 13.1. The van der Waals surface area contributed by atoms with E-state index in [1.807, 2.05) is 29.2 Å². The zero-order valence-electron chi connectivity index (χ0n) is 20.8. The van der Waals surface area contributed by atoms with Crippen molar-refractivity contribution in [1.82, 2.24) is 14.9 Å². The molecule has 170 valence electrons. The number of hydrogen-bond donors (Lipinski definition) is 0. The summed E-state index contributed by atoms with van der Waals surface area (Å²) in [6.07, 6.45) is 10.7. The molecule has 6 nitrogen and oxygen atoms in total. The van der Waals surface area contributed by atoms with Crippen molar-refractivity contribution in [1.29, 1.82) is 0 Å². The van der Waals surface area contributed by atoms with E-state index >= 15 is 0 Å². The molecule has 2 saturated carbocycles. The van der Waals surface area contributed by atoms with Crippen molar-refractivity contribution in [3.05, 3.63) is 58.7 Å². The lowest BCUT2D eigenvalue weighted by molar-refractivity contribution is -0.115. The number of Topliss-reactive ketones (excluding diaryl/α,β-unsaturated/α-hetero) is 2. The molecule has 33 heavy (non-hydrogen) atoms. The van der Waals surface area contributed by atoms with Crippen LogP contribution in [0.15, 0.2) is 36.2 Å². The van der Waals surface area contributed by atoms with Crippen LogP contribution in [0.4, 0.5) is 5.69 Å². The molecular formula is C27H30N4O2. The van der Waals surface area contributed by atoms with Gasteiger partial charge < -0.3 is 4.90 Å². The smallest absolute Gasteiger partial charge is 0.181 e. The molecule has 6 heteroatoms. The number of fused-ring (bicyclic) bond motifs is 1. The summed E-state index contributed by atoms with van der Waals surface area (Å²) in [6, 6.07) is 5.59. The van der Waals surface area contributed by atoms with E-state index < -0.39 is 6.50 Å². The molecule has 1 saturated heterocycles. The van der Waals surface area contributed by atoms with E-state index in [4.69, 9.17) is 2.74 Å². The Hall–Kier alpha value is -2.86. The van der Waals surface area contributed by atoms with Crippen LogP contribution in [-0.2, 0) is 17.7 Å². The van der Waals surface area contributed by atoms with Crippen LogP contribution >= 0.6 is 0 Å². The number of hydrogen-bond acceptors (Lipinski definition) is 6. The molecule has 3 aliphatic carbocycles. The van der Waals surface area contributed by atoms with E-state index in [9.17, 15) is 9.59 Å². The van der Waals surface area contributed by atoms with Crippen LogP contribution in [0.3, 0.4) is 0 Å². The molecule has 0 spiro atoms. The van der Waals surface area contributed by atoms with Gasteiger partial charge in [-0.3, -0.25) is 24.5 Å². The summed E-state index contributed by atoms with van der Waals surface area (Å²) in [7, 11) is 0. The average Bonchev–Trinajstić information content (AvgIpc) is 3.79. The van der Waals surface area contributed by atoms with Crippen LogP contribution in [0.25, 0.3) is 6.08 Å². The van der Waals surface area contributed by atoms with E-state index in [-0.39, 0.29) is 11.6 Å². The van der Waals surface area contributed by atoms with Crippen molar-refractivity contribution in [2.45, 2.75) is 45.0 Å². The van der Waals surface area contributed by atoms with Crippen molar-refractivity contribution >= 4 is 23.3 Å². The molecule has 2 aromatic rings. The normalized spacial score (nSPS) is 22.4. The van der Waals surface area contributed by atoms with Gasteiger partial charge in [0.1, 0.15) is 5.69 Å². The lowest BCUT2D eigenvalue weighted by Gasteiger charge is -2.36. The zero-order valence-corrected chi connectivity index (χ0v) is 18.8. The Bertz CT molecular complexity index is 1190. The molecule has 0 bridgehead atoms. The standard InChI is InChI=1S/C27H30N4O2/c32-26-13-21-11-19(15-28-25(21)14-23(26)20-3-4-20)17-30-7-9-31(10-8-30)22-5-6-24(29-16-22)27(33)12-18-1-2-18/h5-6,11,14-16,18,20H,1-4,7-10,12-13,17H2/i17D2. The third kappa shape index (κ3) is 4.62. The van der Waals surface area contributed by atoms with Gasteiger partial charge in [0.15, 0.2) is 11.6 Å². The SMILES string of the molecule is [2H]C([2H])(c1cnc2c(c1)CC(=O)C(C1CC1)=C2)N1CCN(c2ccc(C(=O)CC3CC3)nc2)CC1. The van der Waals surface area contributed by atoms with Gasteiger partial charge in [-0.2, -0.15) is 0 Å². The molecule has 3 fully saturated rings. The van der Waals surface area contributed by atoms with Crippen molar-refractivity contribution in [2.24, 2.45) is 11.8 Å². The summed E-state index contributed by atoms with van der Waals surface area (Å²) < 4.78 is 17.7. The number of carbonyl (C=O) groups excluding carboxylic acids is 2. The summed E-state index contributed by atoms with van der Waals surface area (Å²) >= 11 is 0. The number of carbonyl (C=O) groups is 2. The molecule has 0 atom stereocenters. The highest BCUT2D eigenvalue weighted by Crippen LogP contribution is 2.40. The maximum absolute atomic E-state index is 12.6. The minimum atomic E-state index is -1.67. The number of nitrogens with zero attached hydrogens (tertiary/aromatic N) is 4.